The summed E-state index contributed by atoms with van der Waals surface area (Å²) < 4.78 is 0. The van der Waals surface area contributed by atoms with Gasteiger partial charge in [0, 0.05) is 0 Å². The van der Waals surface area contributed by atoms with Crippen LogP contribution < -0.4 is 0 Å². The average molecular weight is 485 g/mol. The van der Waals surface area contributed by atoms with Crippen LogP contribution in [0.3, 0.4) is 0 Å². The zero-order valence-corrected chi connectivity index (χ0v) is 22.7. The van der Waals surface area contributed by atoms with Crippen LogP contribution in [0.5, 0.6) is 0 Å². The Labute approximate surface area is 184 Å². The SMILES string of the molecule is C[C]1[C][C](C(C)(C)C)[C][C]1[Si](C)(C)[C]1[C][C](C(C)(C)C)[C][C]1C.[Cl][Zr][Cl]. The van der Waals surface area contributed by atoms with Crippen LogP contribution in [0.25, 0.3) is 0 Å². The van der Waals surface area contributed by atoms with E-state index >= 15 is 0 Å². The molecular formula is C22H30Cl2SiZr. The Hall–Kier alpha value is 1.68. The molecule has 0 N–H and O–H groups in total. The van der Waals surface area contributed by atoms with E-state index < -0.39 is 28.9 Å². The Morgan fingerprint density at radius 1 is 0.692 bits per heavy atom. The third kappa shape index (κ3) is 6.34. The molecule has 0 saturated heterocycles. The molecule has 0 aromatic heterocycles. The Morgan fingerprint density at radius 3 is 1.15 bits per heavy atom. The van der Waals surface area contributed by atoms with Crippen LogP contribution in [0, 0.1) is 71.3 Å². The Morgan fingerprint density at radius 2 is 0.962 bits per heavy atom. The molecule has 0 aliphatic heterocycles. The van der Waals surface area contributed by atoms with Gasteiger partial charge in [-0.1, -0.05) is 68.5 Å². The molecule has 0 nitrogen and oxygen atoms in total. The van der Waals surface area contributed by atoms with Crippen molar-refractivity contribution in [3.8, 4) is 0 Å². The van der Waals surface area contributed by atoms with E-state index in [-0.39, 0.29) is 10.8 Å². The maximum absolute atomic E-state index is 4.93. The molecule has 14 radical (unpaired) electrons. The predicted molar refractivity (Wildman–Crippen MR) is 112 cm³/mol. The van der Waals surface area contributed by atoms with Crippen molar-refractivity contribution in [1.29, 1.82) is 0 Å². The molecule has 2 saturated carbocycles. The zero-order valence-electron chi connectivity index (χ0n) is 17.8. The third-order valence-electron chi connectivity index (χ3n) is 4.62. The van der Waals surface area contributed by atoms with E-state index in [4.69, 9.17) is 17.0 Å². The second kappa shape index (κ2) is 9.66. The topological polar surface area (TPSA) is 0 Å². The van der Waals surface area contributed by atoms with E-state index in [1.54, 1.807) is 0 Å². The second-order valence-corrected chi connectivity index (χ2v) is 17.4. The van der Waals surface area contributed by atoms with Crippen molar-refractivity contribution in [3.63, 3.8) is 0 Å². The van der Waals surface area contributed by atoms with Gasteiger partial charge in [-0.3, -0.25) is 0 Å². The number of rotatable bonds is 2. The first-order valence-electron chi connectivity index (χ1n) is 8.88. The fraction of sp³-hybridized carbons (Fsp3) is 0.545. The molecular weight excluding hydrogens is 454 g/mol. The minimum atomic E-state index is -1.83. The summed E-state index contributed by atoms with van der Waals surface area (Å²) >= 11 is -0.826. The van der Waals surface area contributed by atoms with Gasteiger partial charge in [0.15, 0.2) is 0 Å². The first kappa shape index (κ1) is 25.7. The summed E-state index contributed by atoms with van der Waals surface area (Å²) in [7, 11) is 8.03. The van der Waals surface area contributed by atoms with Gasteiger partial charge in [-0.05, 0) is 71.3 Å². The summed E-state index contributed by atoms with van der Waals surface area (Å²) in [6.07, 6.45) is 14.6. The van der Waals surface area contributed by atoms with Crippen molar-refractivity contribution in [2.24, 2.45) is 10.8 Å². The zero-order chi connectivity index (χ0) is 20.5. The first-order valence-corrected chi connectivity index (χ1v) is 18.2. The molecule has 26 heavy (non-hydrogen) atoms. The number of hydrogen-bond acceptors (Lipinski definition) is 0. The molecule has 0 heterocycles. The average Bonchev–Trinajstić information content (AvgIpc) is 3.02. The normalized spacial score (nSPS) is 23.4. The third-order valence-corrected chi connectivity index (χ3v) is 8.12. The van der Waals surface area contributed by atoms with E-state index in [1.165, 1.54) is 34.8 Å². The van der Waals surface area contributed by atoms with Crippen LogP contribution in [0.15, 0.2) is 0 Å². The standard InChI is InChI=1S/C22H30Si.2ClH.Zr/c1-15-11-17(21(3,4)5)13-19(15)23(9,10)20-14-18(12-16(20)2)22(6,7)8;;;/h1-10H3;2*1H;/q;;;+2/p-2. The summed E-state index contributed by atoms with van der Waals surface area (Å²) in [6.45, 7) is 22.6. The van der Waals surface area contributed by atoms with Crippen molar-refractivity contribution in [2.75, 3.05) is 0 Å². The van der Waals surface area contributed by atoms with Gasteiger partial charge in [-0.15, -0.1) is 0 Å². The summed E-state index contributed by atoms with van der Waals surface area (Å²) in [5.74, 6) is 4.93. The monoisotopic (exact) mass is 482 g/mol. The van der Waals surface area contributed by atoms with Gasteiger partial charge in [-0.25, -0.2) is 0 Å². The Balaban J connectivity index is 0.00000105. The second-order valence-electron chi connectivity index (χ2n) is 9.45. The molecule has 0 spiro atoms. The number of halogens is 2. The summed E-state index contributed by atoms with van der Waals surface area (Å²) in [5, 5.41) is 0. The van der Waals surface area contributed by atoms with Crippen LogP contribution in [-0.2, 0) is 20.8 Å². The van der Waals surface area contributed by atoms with Gasteiger partial charge in [0.1, 0.15) is 0 Å². The van der Waals surface area contributed by atoms with Crippen LogP contribution >= 0.6 is 17.0 Å². The molecule has 4 heteroatoms. The molecule has 2 aliphatic carbocycles. The van der Waals surface area contributed by atoms with E-state index in [1.807, 2.05) is 0 Å². The van der Waals surface area contributed by atoms with Gasteiger partial charge >= 0.3 is 37.9 Å². The van der Waals surface area contributed by atoms with E-state index in [9.17, 15) is 0 Å². The van der Waals surface area contributed by atoms with Crippen molar-refractivity contribution in [2.45, 2.75) is 68.5 Å². The number of hydrogen-bond donors (Lipinski definition) is 0. The quantitative estimate of drug-likeness (QED) is 0.367. The predicted octanol–water partition coefficient (Wildman–Crippen LogP) is 7.08. The van der Waals surface area contributed by atoms with E-state index in [0.717, 1.165) is 0 Å². The van der Waals surface area contributed by atoms with Crippen molar-refractivity contribution in [1.82, 2.24) is 0 Å². The fourth-order valence-electron chi connectivity index (χ4n) is 3.12. The van der Waals surface area contributed by atoms with Gasteiger partial charge in [0.25, 0.3) is 0 Å². The maximum atomic E-state index is 4.93. The first-order chi connectivity index (χ1) is 11.7. The summed E-state index contributed by atoms with van der Waals surface area (Å²) in [5.41, 5.74) is 2.95. The van der Waals surface area contributed by atoms with Crippen molar-refractivity contribution in [3.05, 3.63) is 60.4 Å². The molecule has 0 aromatic rings. The molecule has 2 fully saturated rings. The van der Waals surface area contributed by atoms with Gasteiger partial charge in [0.05, 0.1) is 8.07 Å². The Bertz CT molecular complexity index is 400. The van der Waals surface area contributed by atoms with E-state index in [0.29, 0.717) is 0 Å². The fourth-order valence-corrected chi connectivity index (χ4v) is 6.25. The minimum absolute atomic E-state index is 0.0982. The molecule has 0 amide bonds. The Kier molecular flexibility index (Phi) is 9.55. The molecule has 140 valence electrons. The van der Waals surface area contributed by atoms with Gasteiger partial charge in [-0.2, -0.15) is 0 Å². The van der Waals surface area contributed by atoms with Gasteiger partial charge < -0.3 is 0 Å². The summed E-state index contributed by atoms with van der Waals surface area (Å²) in [4.78, 5) is 0. The summed E-state index contributed by atoms with van der Waals surface area (Å²) in [6, 6.07) is 0. The van der Waals surface area contributed by atoms with Crippen LogP contribution in [0.4, 0.5) is 0 Å². The molecule has 2 rings (SSSR count). The molecule has 0 unspecified atom stereocenters. The van der Waals surface area contributed by atoms with Crippen LogP contribution in [-0.4, -0.2) is 8.07 Å². The molecule has 0 aromatic carbocycles. The molecule has 2 aliphatic rings. The molecule has 0 atom stereocenters. The van der Waals surface area contributed by atoms with Crippen molar-refractivity contribution >= 4 is 25.1 Å². The van der Waals surface area contributed by atoms with Crippen LogP contribution in [0.1, 0.15) is 55.4 Å². The molecule has 0 bridgehead atoms. The van der Waals surface area contributed by atoms with Crippen LogP contribution in [0.2, 0.25) is 13.1 Å². The van der Waals surface area contributed by atoms with Crippen molar-refractivity contribution < 1.29 is 20.8 Å². The van der Waals surface area contributed by atoms with Gasteiger partial charge in [0.2, 0.25) is 0 Å². The van der Waals surface area contributed by atoms with E-state index in [2.05, 4.69) is 94.2 Å².